The molecule has 1 rings (SSSR count). The Morgan fingerprint density at radius 3 is 2.85 bits per heavy atom. The number of benzene rings is 1. The van der Waals surface area contributed by atoms with Gasteiger partial charge in [0.25, 0.3) is 0 Å². The molecule has 0 saturated carbocycles. The SMILES string of the molecule is COOCCc1ccc(Cl)cc1F. The maximum Gasteiger partial charge on any atom is 0.127 e. The molecule has 0 heterocycles. The minimum atomic E-state index is -0.313. The first-order valence-corrected chi connectivity index (χ1v) is 4.21. The Balaban J connectivity index is 2.56. The molecule has 0 radical (unpaired) electrons. The van der Waals surface area contributed by atoms with E-state index in [9.17, 15) is 4.39 Å². The Morgan fingerprint density at radius 1 is 1.46 bits per heavy atom. The summed E-state index contributed by atoms with van der Waals surface area (Å²) in [4.78, 5) is 9.00. The lowest BCUT2D eigenvalue weighted by Gasteiger charge is -2.02. The fraction of sp³-hybridized carbons (Fsp3) is 0.333. The van der Waals surface area contributed by atoms with E-state index in [2.05, 4.69) is 9.78 Å². The molecule has 1 aromatic rings. The van der Waals surface area contributed by atoms with Gasteiger partial charge in [-0.1, -0.05) is 17.7 Å². The maximum absolute atomic E-state index is 13.1. The highest BCUT2D eigenvalue weighted by atomic mass is 35.5. The van der Waals surface area contributed by atoms with Crippen molar-refractivity contribution in [2.24, 2.45) is 0 Å². The molecule has 0 amide bonds. The Hall–Kier alpha value is -0.640. The Labute approximate surface area is 81.2 Å². The molecule has 72 valence electrons. The van der Waals surface area contributed by atoms with Crippen molar-refractivity contribution in [1.82, 2.24) is 0 Å². The monoisotopic (exact) mass is 204 g/mol. The van der Waals surface area contributed by atoms with Gasteiger partial charge in [-0.25, -0.2) is 14.2 Å². The third-order valence-corrected chi connectivity index (χ3v) is 1.82. The second-order valence-corrected chi connectivity index (χ2v) is 2.91. The predicted molar refractivity (Wildman–Crippen MR) is 48.1 cm³/mol. The standard InChI is InChI=1S/C9H10ClFO2/c1-12-13-5-4-7-2-3-8(10)6-9(7)11/h2-3,6H,4-5H2,1H3. The summed E-state index contributed by atoms with van der Waals surface area (Å²) in [5, 5.41) is 0.397. The summed E-state index contributed by atoms with van der Waals surface area (Å²) in [6, 6.07) is 4.56. The van der Waals surface area contributed by atoms with E-state index in [1.54, 1.807) is 12.1 Å². The lowest BCUT2D eigenvalue weighted by atomic mass is 10.1. The fourth-order valence-electron chi connectivity index (χ4n) is 0.959. The van der Waals surface area contributed by atoms with Gasteiger partial charge >= 0.3 is 0 Å². The minimum Gasteiger partial charge on any atom is -0.240 e. The van der Waals surface area contributed by atoms with Crippen LogP contribution in [0.25, 0.3) is 0 Å². The van der Waals surface area contributed by atoms with Gasteiger partial charge in [0.2, 0.25) is 0 Å². The minimum absolute atomic E-state index is 0.313. The van der Waals surface area contributed by atoms with Gasteiger partial charge in [-0.2, -0.15) is 0 Å². The predicted octanol–water partition coefficient (Wildman–Crippen LogP) is 2.60. The average Bonchev–Trinajstić information content (AvgIpc) is 2.09. The van der Waals surface area contributed by atoms with Crippen molar-refractivity contribution >= 4 is 11.6 Å². The fourth-order valence-corrected chi connectivity index (χ4v) is 1.12. The van der Waals surface area contributed by atoms with Crippen LogP contribution in [0.5, 0.6) is 0 Å². The number of rotatable bonds is 4. The number of halogens is 2. The second kappa shape index (κ2) is 5.17. The highest BCUT2D eigenvalue weighted by Crippen LogP contribution is 2.14. The average molecular weight is 205 g/mol. The Morgan fingerprint density at radius 2 is 2.23 bits per heavy atom. The van der Waals surface area contributed by atoms with Crippen molar-refractivity contribution in [1.29, 1.82) is 0 Å². The zero-order chi connectivity index (χ0) is 9.68. The molecule has 0 aromatic heterocycles. The molecule has 0 fully saturated rings. The van der Waals surface area contributed by atoms with E-state index in [0.29, 0.717) is 23.6 Å². The van der Waals surface area contributed by atoms with Gasteiger partial charge < -0.3 is 0 Å². The van der Waals surface area contributed by atoms with Gasteiger partial charge in [-0.05, 0) is 17.7 Å². The van der Waals surface area contributed by atoms with Crippen LogP contribution in [0.4, 0.5) is 4.39 Å². The summed E-state index contributed by atoms with van der Waals surface area (Å²) in [6.07, 6.45) is 0.469. The van der Waals surface area contributed by atoms with Gasteiger partial charge in [0.15, 0.2) is 0 Å². The quantitative estimate of drug-likeness (QED) is 0.427. The van der Waals surface area contributed by atoms with Crippen molar-refractivity contribution < 1.29 is 14.2 Å². The Bertz CT molecular complexity index is 278. The van der Waals surface area contributed by atoms with E-state index in [4.69, 9.17) is 11.6 Å². The van der Waals surface area contributed by atoms with E-state index in [-0.39, 0.29) is 5.82 Å². The molecule has 4 heteroatoms. The van der Waals surface area contributed by atoms with Crippen LogP contribution in [0.3, 0.4) is 0 Å². The zero-order valence-electron chi connectivity index (χ0n) is 7.22. The molecule has 13 heavy (non-hydrogen) atoms. The molecular formula is C9H10ClFO2. The normalized spacial score (nSPS) is 10.4. The summed E-state index contributed by atoms with van der Waals surface area (Å²) >= 11 is 5.58. The molecule has 1 aromatic carbocycles. The highest BCUT2D eigenvalue weighted by molar-refractivity contribution is 6.30. The molecule has 0 aliphatic carbocycles. The van der Waals surface area contributed by atoms with Crippen LogP contribution < -0.4 is 0 Å². The molecule has 0 spiro atoms. The molecular weight excluding hydrogens is 195 g/mol. The summed E-state index contributed by atoms with van der Waals surface area (Å²) in [6.45, 7) is 0.328. The first kappa shape index (κ1) is 10.4. The van der Waals surface area contributed by atoms with Gasteiger partial charge in [0.05, 0.1) is 13.7 Å². The van der Waals surface area contributed by atoms with Gasteiger partial charge in [0.1, 0.15) is 5.82 Å². The zero-order valence-corrected chi connectivity index (χ0v) is 7.97. The third kappa shape index (κ3) is 3.30. The summed E-state index contributed by atoms with van der Waals surface area (Å²) in [7, 11) is 1.41. The third-order valence-electron chi connectivity index (χ3n) is 1.59. The van der Waals surface area contributed by atoms with Crippen molar-refractivity contribution in [2.45, 2.75) is 6.42 Å². The highest BCUT2D eigenvalue weighted by Gasteiger charge is 2.02. The molecule has 2 nitrogen and oxygen atoms in total. The van der Waals surface area contributed by atoms with Crippen molar-refractivity contribution in [2.75, 3.05) is 13.7 Å². The number of hydrogen-bond acceptors (Lipinski definition) is 2. The topological polar surface area (TPSA) is 18.5 Å². The lowest BCUT2D eigenvalue weighted by Crippen LogP contribution is -1.99. The van der Waals surface area contributed by atoms with E-state index >= 15 is 0 Å². The van der Waals surface area contributed by atoms with Crippen LogP contribution in [0.2, 0.25) is 5.02 Å². The van der Waals surface area contributed by atoms with E-state index in [1.807, 2.05) is 0 Å². The first-order valence-electron chi connectivity index (χ1n) is 3.83. The van der Waals surface area contributed by atoms with Gasteiger partial charge in [0, 0.05) is 11.4 Å². The van der Waals surface area contributed by atoms with E-state index < -0.39 is 0 Å². The van der Waals surface area contributed by atoms with Crippen LogP contribution in [0.15, 0.2) is 18.2 Å². The largest absolute Gasteiger partial charge is 0.240 e. The summed E-state index contributed by atoms with van der Waals surface area (Å²) < 4.78 is 13.1. The molecule has 0 aliphatic rings. The van der Waals surface area contributed by atoms with Gasteiger partial charge in [-0.15, -0.1) is 0 Å². The summed E-state index contributed by atoms with van der Waals surface area (Å²) in [5.41, 5.74) is 0.571. The van der Waals surface area contributed by atoms with Crippen LogP contribution in [0, 0.1) is 5.82 Å². The molecule has 0 atom stereocenters. The smallest absolute Gasteiger partial charge is 0.127 e. The molecule has 0 N–H and O–H groups in total. The van der Waals surface area contributed by atoms with E-state index in [1.165, 1.54) is 13.2 Å². The molecule has 0 unspecified atom stereocenters. The maximum atomic E-state index is 13.1. The molecule has 0 bridgehead atoms. The summed E-state index contributed by atoms with van der Waals surface area (Å²) in [5.74, 6) is -0.313. The number of hydrogen-bond donors (Lipinski definition) is 0. The van der Waals surface area contributed by atoms with Crippen LogP contribution in [-0.2, 0) is 16.2 Å². The van der Waals surface area contributed by atoms with Crippen LogP contribution >= 0.6 is 11.6 Å². The van der Waals surface area contributed by atoms with Crippen molar-refractivity contribution in [3.8, 4) is 0 Å². The van der Waals surface area contributed by atoms with Crippen molar-refractivity contribution in [3.05, 3.63) is 34.6 Å². The second-order valence-electron chi connectivity index (χ2n) is 2.47. The molecule has 0 saturated heterocycles. The van der Waals surface area contributed by atoms with E-state index in [0.717, 1.165) is 0 Å². The van der Waals surface area contributed by atoms with Crippen molar-refractivity contribution in [3.63, 3.8) is 0 Å². The van der Waals surface area contributed by atoms with Crippen LogP contribution in [-0.4, -0.2) is 13.7 Å². The van der Waals surface area contributed by atoms with Gasteiger partial charge in [-0.3, -0.25) is 0 Å². The lowest BCUT2D eigenvalue weighted by molar-refractivity contribution is -0.271. The Kier molecular flexibility index (Phi) is 4.15. The first-order chi connectivity index (χ1) is 6.24. The van der Waals surface area contributed by atoms with Crippen LogP contribution in [0.1, 0.15) is 5.56 Å². The molecule has 0 aliphatic heterocycles.